The van der Waals surface area contributed by atoms with Crippen LogP contribution < -0.4 is 0 Å². The molecule has 1 aromatic rings. The van der Waals surface area contributed by atoms with Gasteiger partial charge in [0, 0.05) is 7.05 Å². The van der Waals surface area contributed by atoms with Crippen LogP contribution in [-0.4, -0.2) is 45.2 Å². The van der Waals surface area contributed by atoms with E-state index in [1.54, 1.807) is 19.9 Å². The number of aryl methyl sites for hydroxylation is 2. The van der Waals surface area contributed by atoms with Crippen molar-refractivity contribution in [3.8, 4) is 0 Å². The predicted molar refractivity (Wildman–Crippen MR) is 70.0 cm³/mol. The molecule has 1 aromatic heterocycles. The lowest BCUT2D eigenvalue weighted by Crippen LogP contribution is -2.42. The molecule has 0 radical (unpaired) electrons. The number of carbonyl (C=O) groups is 2. The van der Waals surface area contributed by atoms with E-state index in [4.69, 9.17) is 5.11 Å². The molecule has 1 unspecified atom stereocenters. The van der Waals surface area contributed by atoms with Crippen molar-refractivity contribution in [2.45, 2.75) is 39.7 Å². The van der Waals surface area contributed by atoms with Gasteiger partial charge in [0.05, 0.1) is 17.0 Å². The zero-order chi connectivity index (χ0) is 14.6. The van der Waals surface area contributed by atoms with E-state index < -0.39 is 12.0 Å². The summed E-state index contributed by atoms with van der Waals surface area (Å²) in [5, 5.41) is 17.0. The maximum atomic E-state index is 12.4. The van der Waals surface area contributed by atoms with E-state index in [0.717, 1.165) is 0 Å². The molecule has 104 valence electrons. The van der Waals surface area contributed by atoms with Crippen molar-refractivity contribution >= 4 is 11.9 Å². The number of amides is 1. The number of carbonyl (C=O) groups excluding carboxylic acids is 1. The number of carboxylic acid groups (broad SMARTS) is 1. The topological polar surface area (TPSA) is 83.4 Å². The molecule has 0 bridgehead atoms. The van der Waals surface area contributed by atoms with Gasteiger partial charge in [0.15, 0.2) is 0 Å². The minimum atomic E-state index is -1.00. The van der Waals surface area contributed by atoms with Crippen LogP contribution in [0.2, 0.25) is 0 Å². The maximum absolute atomic E-state index is 12.4. The molecule has 1 amide bonds. The second kappa shape index (κ2) is 6.26. The summed E-state index contributed by atoms with van der Waals surface area (Å²) in [5.74, 6) is -1.33. The molecule has 0 saturated carbocycles. The number of likely N-dealkylation sites (N-methyl/N-ethyl adjacent to an activating group) is 1. The van der Waals surface area contributed by atoms with Gasteiger partial charge in [-0.05, 0) is 25.8 Å². The Morgan fingerprint density at radius 2 is 2.00 bits per heavy atom. The van der Waals surface area contributed by atoms with Crippen molar-refractivity contribution < 1.29 is 14.7 Å². The Kier molecular flexibility index (Phi) is 4.97. The summed E-state index contributed by atoms with van der Waals surface area (Å²) >= 11 is 0. The highest BCUT2D eigenvalue weighted by Crippen LogP contribution is 2.13. The molecule has 0 fully saturated rings. The van der Waals surface area contributed by atoms with Gasteiger partial charge < -0.3 is 10.0 Å². The molecule has 0 spiro atoms. The SMILES string of the molecule is CCc1nnc(C)cc1C(=O)N(C)C(CC)C(=O)O. The lowest BCUT2D eigenvalue weighted by atomic mass is 10.1. The van der Waals surface area contributed by atoms with Crippen molar-refractivity contribution in [3.63, 3.8) is 0 Å². The minimum absolute atomic E-state index is 0.330. The molecular weight excluding hydrogens is 246 g/mol. The summed E-state index contributed by atoms with van der Waals surface area (Å²) in [6, 6.07) is 0.824. The first-order valence-corrected chi connectivity index (χ1v) is 6.25. The average Bonchev–Trinajstić information content (AvgIpc) is 2.38. The molecule has 0 aliphatic heterocycles. The Balaban J connectivity index is 3.12. The Labute approximate surface area is 112 Å². The Hall–Kier alpha value is -1.98. The fourth-order valence-electron chi connectivity index (χ4n) is 1.91. The van der Waals surface area contributed by atoms with Crippen LogP contribution in [-0.2, 0) is 11.2 Å². The number of nitrogens with zero attached hydrogens (tertiary/aromatic N) is 3. The molecule has 1 atom stereocenters. The number of aliphatic carboxylic acids is 1. The molecule has 1 heterocycles. The fourth-order valence-corrected chi connectivity index (χ4v) is 1.91. The molecule has 19 heavy (non-hydrogen) atoms. The lowest BCUT2D eigenvalue weighted by molar-refractivity contribution is -0.142. The lowest BCUT2D eigenvalue weighted by Gasteiger charge is -2.24. The summed E-state index contributed by atoms with van der Waals surface area (Å²) in [5.41, 5.74) is 1.65. The van der Waals surface area contributed by atoms with E-state index in [-0.39, 0.29) is 5.91 Å². The third kappa shape index (κ3) is 3.27. The highest BCUT2D eigenvalue weighted by Gasteiger charge is 2.27. The molecule has 6 nitrogen and oxygen atoms in total. The number of hydrogen-bond donors (Lipinski definition) is 1. The first kappa shape index (κ1) is 15.1. The summed E-state index contributed by atoms with van der Waals surface area (Å²) in [4.78, 5) is 24.7. The van der Waals surface area contributed by atoms with Gasteiger partial charge in [0.25, 0.3) is 5.91 Å². The van der Waals surface area contributed by atoms with Crippen LogP contribution in [0.3, 0.4) is 0 Å². The van der Waals surface area contributed by atoms with Gasteiger partial charge in [-0.3, -0.25) is 4.79 Å². The first-order valence-electron chi connectivity index (χ1n) is 6.25. The van der Waals surface area contributed by atoms with Crippen molar-refractivity contribution in [1.29, 1.82) is 0 Å². The van der Waals surface area contributed by atoms with Crippen molar-refractivity contribution in [2.24, 2.45) is 0 Å². The third-order valence-electron chi connectivity index (χ3n) is 3.02. The van der Waals surface area contributed by atoms with E-state index in [0.29, 0.717) is 29.8 Å². The maximum Gasteiger partial charge on any atom is 0.326 e. The minimum Gasteiger partial charge on any atom is -0.480 e. The van der Waals surface area contributed by atoms with Crippen molar-refractivity contribution in [2.75, 3.05) is 7.05 Å². The molecule has 1 rings (SSSR count). The summed E-state index contributed by atoms with van der Waals surface area (Å²) in [6.07, 6.45) is 0.933. The zero-order valence-corrected chi connectivity index (χ0v) is 11.7. The molecule has 0 saturated heterocycles. The second-order valence-corrected chi connectivity index (χ2v) is 4.38. The number of hydrogen-bond acceptors (Lipinski definition) is 4. The quantitative estimate of drug-likeness (QED) is 0.867. The monoisotopic (exact) mass is 265 g/mol. The van der Waals surface area contributed by atoms with Gasteiger partial charge in [0.1, 0.15) is 6.04 Å². The van der Waals surface area contributed by atoms with Gasteiger partial charge in [-0.1, -0.05) is 13.8 Å². The zero-order valence-electron chi connectivity index (χ0n) is 11.7. The van der Waals surface area contributed by atoms with E-state index in [2.05, 4.69) is 10.2 Å². The Morgan fingerprint density at radius 3 is 2.47 bits per heavy atom. The number of rotatable bonds is 5. The first-order chi connectivity index (χ1) is 8.92. The smallest absolute Gasteiger partial charge is 0.326 e. The average molecular weight is 265 g/mol. The summed E-state index contributed by atoms with van der Waals surface area (Å²) < 4.78 is 0. The standard InChI is InChI=1S/C13H19N3O3/c1-5-10-9(7-8(3)14-15-10)12(17)16(4)11(6-2)13(18)19/h7,11H,5-6H2,1-4H3,(H,18,19). The van der Waals surface area contributed by atoms with Crippen molar-refractivity contribution in [3.05, 3.63) is 23.0 Å². The van der Waals surface area contributed by atoms with Crippen LogP contribution >= 0.6 is 0 Å². The van der Waals surface area contributed by atoms with E-state index in [9.17, 15) is 9.59 Å². The number of aromatic nitrogens is 2. The summed E-state index contributed by atoms with van der Waals surface area (Å²) in [7, 11) is 1.50. The van der Waals surface area contributed by atoms with Crippen LogP contribution in [0.1, 0.15) is 42.0 Å². The van der Waals surface area contributed by atoms with Crippen molar-refractivity contribution in [1.82, 2.24) is 15.1 Å². The Morgan fingerprint density at radius 1 is 1.37 bits per heavy atom. The van der Waals surface area contributed by atoms with E-state index in [1.165, 1.54) is 11.9 Å². The molecule has 6 heteroatoms. The molecular formula is C13H19N3O3. The van der Waals surface area contributed by atoms with Gasteiger partial charge in [-0.15, -0.1) is 0 Å². The normalized spacial score (nSPS) is 12.0. The molecule has 0 aromatic carbocycles. The van der Waals surface area contributed by atoms with Crippen LogP contribution in [0.5, 0.6) is 0 Å². The van der Waals surface area contributed by atoms with Crippen LogP contribution in [0, 0.1) is 6.92 Å². The van der Waals surface area contributed by atoms with Gasteiger partial charge in [-0.25, -0.2) is 4.79 Å². The molecule has 0 aliphatic rings. The van der Waals surface area contributed by atoms with E-state index in [1.807, 2.05) is 6.92 Å². The molecule has 0 aliphatic carbocycles. The second-order valence-electron chi connectivity index (χ2n) is 4.38. The third-order valence-corrected chi connectivity index (χ3v) is 3.02. The highest BCUT2D eigenvalue weighted by atomic mass is 16.4. The number of carboxylic acids is 1. The largest absolute Gasteiger partial charge is 0.480 e. The van der Waals surface area contributed by atoms with Gasteiger partial charge in [-0.2, -0.15) is 10.2 Å². The van der Waals surface area contributed by atoms with Crippen LogP contribution in [0.4, 0.5) is 0 Å². The van der Waals surface area contributed by atoms with Gasteiger partial charge >= 0.3 is 5.97 Å². The predicted octanol–water partition coefficient (Wildman–Crippen LogP) is 1.28. The van der Waals surface area contributed by atoms with E-state index >= 15 is 0 Å². The Bertz CT molecular complexity index is 488. The van der Waals surface area contributed by atoms with Crippen LogP contribution in [0.25, 0.3) is 0 Å². The van der Waals surface area contributed by atoms with Crippen LogP contribution in [0.15, 0.2) is 6.07 Å². The highest BCUT2D eigenvalue weighted by molar-refractivity contribution is 5.97. The fraction of sp³-hybridized carbons (Fsp3) is 0.538. The van der Waals surface area contributed by atoms with Gasteiger partial charge in [0.2, 0.25) is 0 Å². The summed E-state index contributed by atoms with van der Waals surface area (Å²) in [6.45, 7) is 5.36. The molecule has 1 N–H and O–H groups in total.